The Bertz CT molecular complexity index is 601. The molecular formula is C16H18N2O2. The number of hydrogen-bond acceptors (Lipinski definition) is 3. The van der Waals surface area contributed by atoms with Crippen LogP contribution in [0.25, 0.3) is 0 Å². The maximum absolute atomic E-state index is 12.1. The third-order valence-corrected chi connectivity index (χ3v) is 3.73. The van der Waals surface area contributed by atoms with Crippen molar-refractivity contribution in [3.8, 4) is 0 Å². The van der Waals surface area contributed by atoms with Gasteiger partial charge in [-0.25, -0.2) is 0 Å². The molecule has 4 heteroatoms. The lowest BCUT2D eigenvalue weighted by molar-refractivity contribution is -0.121. The molecule has 1 unspecified atom stereocenters. The number of anilines is 1. The first-order chi connectivity index (χ1) is 9.72. The molecule has 0 aliphatic heterocycles. The van der Waals surface area contributed by atoms with Gasteiger partial charge in [-0.2, -0.15) is 0 Å². The zero-order valence-corrected chi connectivity index (χ0v) is 11.3. The molecule has 1 aromatic carbocycles. The highest BCUT2D eigenvalue weighted by Crippen LogP contribution is 2.30. The number of carbonyl (C=O) groups is 1. The fraction of sp³-hybridized carbons (Fsp3) is 0.312. The van der Waals surface area contributed by atoms with Gasteiger partial charge < -0.3 is 15.5 Å². The second kappa shape index (κ2) is 5.41. The van der Waals surface area contributed by atoms with Crippen molar-refractivity contribution in [1.29, 1.82) is 0 Å². The third kappa shape index (κ3) is 2.69. The van der Waals surface area contributed by atoms with Gasteiger partial charge >= 0.3 is 0 Å². The second-order valence-electron chi connectivity index (χ2n) is 5.23. The van der Waals surface area contributed by atoms with E-state index in [2.05, 4.69) is 5.32 Å². The van der Waals surface area contributed by atoms with Crippen molar-refractivity contribution >= 4 is 11.6 Å². The van der Waals surface area contributed by atoms with Crippen molar-refractivity contribution in [2.45, 2.75) is 31.7 Å². The average Bonchev–Trinajstić information content (AvgIpc) is 2.91. The predicted molar refractivity (Wildman–Crippen MR) is 77.1 cm³/mol. The Balaban J connectivity index is 1.64. The number of hydrogen-bond donors (Lipinski definition) is 2. The number of benzene rings is 1. The maximum atomic E-state index is 12.1. The quantitative estimate of drug-likeness (QED) is 0.842. The number of carbonyl (C=O) groups excluding carboxylic acids is 1. The van der Waals surface area contributed by atoms with Crippen molar-refractivity contribution in [1.82, 2.24) is 5.32 Å². The summed E-state index contributed by atoms with van der Waals surface area (Å²) in [5.41, 5.74) is 8.45. The minimum absolute atomic E-state index is 0.0359. The van der Waals surface area contributed by atoms with Crippen molar-refractivity contribution < 1.29 is 9.21 Å². The SMILES string of the molecule is Nc1ccc(CC(=O)NC2CCCc3occc32)cc1. The van der Waals surface area contributed by atoms with Gasteiger partial charge in [-0.3, -0.25) is 4.79 Å². The highest BCUT2D eigenvalue weighted by atomic mass is 16.3. The fourth-order valence-electron chi connectivity index (χ4n) is 2.70. The van der Waals surface area contributed by atoms with E-state index in [4.69, 9.17) is 10.2 Å². The number of amides is 1. The van der Waals surface area contributed by atoms with E-state index in [-0.39, 0.29) is 11.9 Å². The van der Waals surface area contributed by atoms with E-state index in [9.17, 15) is 4.79 Å². The topological polar surface area (TPSA) is 68.3 Å². The molecule has 1 aromatic heterocycles. The first-order valence-corrected chi connectivity index (χ1v) is 6.92. The van der Waals surface area contributed by atoms with Gasteiger partial charge in [-0.1, -0.05) is 12.1 Å². The lowest BCUT2D eigenvalue weighted by atomic mass is 9.93. The molecule has 0 fully saturated rings. The van der Waals surface area contributed by atoms with E-state index in [0.29, 0.717) is 12.1 Å². The number of nitrogen functional groups attached to an aromatic ring is 1. The van der Waals surface area contributed by atoms with Crippen molar-refractivity contribution in [3.63, 3.8) is 0 Å². The smallest absolute Gasteiger partial charge is 0.224 e. The summed E-state index contributed by atoms with van der Waals surface area (Å²) in [4.78, 5) is 12.1. The molecule has 3 rings (SSSR count). The summed E-state index contributed by atoms with van der Waals surface area (Å²) in [5, 5.41) is 3.09. The number of furan rings is 1. The Morgan fingerprint density at radius 3 is 2.90 bits per heavy atom. The lowest BCUT2D eigenvalue weighted by Gasteiger charge is -2.22. The number of aryl methyl sites for hydroxylation is 1. The summed E-state index contributed by atoms with van der Waals surface area (Å²) >= 11 is 0. The normalized spacial score (nSPS) is 17.5. The maximum Gasteiger partial charge on any atom is 0.224 e. The number of fused-ring (bicyclic) bond motifs is 1. The summed E-state index contributed by atoms with van der Waals surface area (Å²) < 4.78 is 5.43. The minimum atomic E-state index is 0.0359. The fourth-order valence-corrected chi connectivity index (χ4v) is 2.70. The van der Waals surface area contributed by atoms with Crippen LogP contribution in [0.4, 0.5) is 5.69 Å². The molecule has 0 bridgehead atoms. The van der Waals surface area contributed by atoms with Gasteiger partial charge in [0.1, 0.15) is 5.76 Å². The van der Waals surface area contributed by atoms with Crippen molar-refractivity contribution in [2.24, 2.45) is 0 Å². The molecule has 0 saturated heterocycles. The Morgan fingerprint density at radius 2 is 2.10 bits per heavy atom. The van der Waals surface area contributed by atoms with Gasteiger partial charge in [0.15, 0.2) is 0 Å². The first-order valence-electron chi connectivity index (χ1n) is 6.92. The van der Waals surface area contributed by atoms with Crippen LogP contribution in [0.15, 0.2) is 41.0 Å². The molecule has 1 atom stereocenters. The van der Waals surface area contributed by atoms with Crippen molar-refractivity contribution in [3.05, 3.63) is 53.5 Å². The number of rotatable bonds is 3. The van der Waals surface area contributed by atoms with Crippen LogP contribution in [0.2, 0.25) is 0 Å². The van der Waals surface area contributed by atoms with Crippen LogP contribution in [0, 0.1) is 0 Å². The van der Waals surface area contributed by atoms with E-state index in [1.54, 1.807) is 6.26 Å². The third-order valence-electron chi connectivity index (χ3n) is 3.73. The lowest BCUT2D eigenvalue weighted by Crippen LogP contribution is -2.31. The summed E-state index contributed by atoms with van der Waals surface area (Å²) in [6, 6.07) is 9.45. The van der Waals surface area contributed by atoms with Crippen LogP contribution >= 0.6 is 0 Å². The van der Waals surface area contributed by atoms with E-state index in [1.807, 2.05) is 30.3 Å². The second-order valence-corrected chi connectivity index (χ2v) is 5.23. The van der Waals surface area contributed by atoms with Crippen LogP contribution in [-0.2, 0) is 17.6 Å². The zero-order valence-electron chi connectivity index (χ0n) is 11.3. The molecule has 0 radical (unpaired) electrons. The van der Waals surface area contributed by atoms with Gasteiger partial charge in [0.2, 0.25) is 5.91 Å². The van der Waals surface area contributed by atoms with E-state index in [0.717, 1.165) is 36.1 Å². The first kappa shape index (κ1) is 12.8. The molecule has 0 spiro atoms. The van der Waals surface area contributed by atoms with Crippen LogP contribution in [0.5, 0.6) is 0 Å². The predicted octanol–water partition coefficient (Wildman–Crippen LogP) is 2.60. The molecule has 20 heavy (non-hydrogen) atoms. The number of nitrogens with one attached hydrogen (secondary N) is 1. The standard InChI is InChI=1S/C16H18N2O2/c17-12-6-4-11(5-7-12)10-16(19)18-14-2-1-3-15-13(14)8-9-20-15/h4-9,14H,1-3,10,17H2,(H,18,19). The minimum Gasteiger partial charge on any atom is -0.469 e. The summed E-state index contributed by atoms with van der Waals surface area (Å²) in [7, 11) is 0. The van der Waals surface area contributed by atoms with Gasteiger partial charge in [0, 0.05) is 17.7 Å². The molecule has 3 N–H and O–H groups in total. The molecule has 1 amide bonds. The van der Waals surface area contributed by atoms with Gasteiger partial charge in [-0.15, -0.1) is 0 Å². The van der Waals surface area contributed by atoms with Crippen molar-refractivity contribution in [2.75, 3.05) is 5.73 Å². The van der Waals surface area contributed by atoms with E-state index >= 15 is 0 Å². The molecule has 4 nitrogen and oxygen atoms in total. The van der Waals surface area contributed by atoms with E-state index < -0.39 is 0 Å². The van der Waals surface area contributed by atoms with E-state index in [1.165, 1.54) is 0 Å². The van der Waals surface area contributed by atoms with Crippen LogP contribution in [-0.4, -0.2) is 5.91 Å². The molecule has 1 heterocycles. The van der Waals surface area contributed by atoms with Gasteiger partial charge in [-0.05, 0) is 36.6 Å². The summed E-state index contributed by atoms with van der Waals surface area (Å²) in [6.45, 7) is 0. The highest BCUT2D eigenvalue weighted by molar-refractivity contribution is 5.79. The summed E-state index contributed by atoms with van der Waals surface area (Å²) in [6.07, 6.45) is 5.07. The average molecular weight is 270 g/mol. The number of nitrogens with two attached hydrogens (primary N) is 1. The molecule has 104 valence electrons. The molecule has 1 aliphatic carbocycles. The zero-order chi connectivity index (χ0) is 13.9. The van der Waals surface area contributed by atoms with Crippen LogP contribution in [0.3, 0.4) is 0 Å². The largest absolute Gasteiger partial charge is 0.469 e. The summed E-state index contributed by atoms with van der Waals surface area (Å²) in [5.74, 6) is 1.04. The molecular weight excluding hydrogens is 252 g/mol. The molecule has 0 saturated carbocycles. The van der Waals surface area contributed by atoms with Gasteiger partial charge in [0.05, 0.1) is 18.7 Å². The van der Waals surface area contributed by atoms with Gasteiger partial charge in [0.25, 0.3) is 0 Å². The molecule has 1 aliphatic rings. The van der Waals surface area contributed by atoms with Crippen LogP contribution < -0.4 is 11.1 Å². The monoisotopic (exact) mass is 270 g/mol. The molecule has 2 aromatic rings. The Labute approximate surface area is 118 Å². The highest BCUT2D eigenvalue weighted by Gasteiger charge is 2.23. The Kier molecular flexibility index (Phi) is 3.46. The Morgan fingerprint density at radius 1 is 1.30 bits per heavy atom. The van der Waals surface area contributed by atoms with Crippen LogP contribution in [0.1, 0.15) is 35.8 Å². The Hall–Kier alpha value is -2.23.